The molecule has 1 fully saturated rings. The highest BCUT2D eigenvalue weighted by Gasteiger charge is 2.21. The van der Waals surface area contributed by atoms with E-state index in [0.717, 1.165) is 43.3 Å². The summed E-state index contributed by atoms with van der Waals surface area (Å²) >= 11 is 1.73. The van der Waals surface area contributed by atoms with E-state index in [2.05, 4.69) is 32.2 Å². The number of rotatable bonds is 6. The molecule has 0 N–H and O–H groups in total. The fraction of sp³-hybridized carbons (Fsp3) is 0.333. The van der Waals surface area contributed by atoms with E-state index in [9.17, 15) is 4.79 Å². The maximum atomic E-state index is 12.5. The monoisotopic (exact) mass is 409 g/mol. The Morgan fingerprint density at radius 2 is 1.90 bits per heavy atom. The first-order chi connectivity index (χ1) is 14.2. The highest BCUT2D eigenvalue weighted by atomic mass is 32.2. The molecule has 1 aliphatic heterocycles. The Balaban J connectivity index is 1.25. The molecule has 1 aliphatic rings. The molecule has 7 nitrogen and oxygen atoms in total. The van der Waals surface area contributed by atoms with E-state index in [1.807, 2.05) is 35.2 Å². The van der Waals surface area contributed by atoms with E-state index in [4.69, 9.17) is 4.52 Å². The predicted octanol–water partition coefficient (Wildman–Crippen LogP) is 3.27. The van der Waals surface area contributed by atoms with Crippen molar-refractivity contribution in [3.63, 3.8) is 0 Å². The van der Waals surface area contributed by atoms with Crippen LogP contribution < -0.4 is 4.90 Å². The highest BCUT2D eigenvalue weighted by molar-refractivity contribution is 7.99. The van der Waals surface area contributed by atoms with Crippen molar-refractivity contribution in [2.24, 2.45) is 0 Å². The number of aryl methyl sites for hydroxylation is 1. The number of pyridine rings is 1. The van der Waals surface area contributed by atoms with Gasteiger partial charge in [-0.15, -0.1) is 11.8 Å². The summed E-state index contributed by atoms with van der Waals surface area (Å²) in [7, 11) is 0. The van der Waals surface area contributed by atoms with E-state index in [1.54, 1.807) is 24.9 Å². The van der Waals surface area contributed by atoms with Crippen LogP contribution in [0.5, 0.6) is 0 Å². The number of anilines is 1. The van der Waals surface area contributed by atoms with Gasteiger partial charge in [0.1, 0.15) is 5.82 Å². The third-order valence-corrected chi connectivity index (χ3v) is 5.83. The van der Waals surface area contributed by atoms with Gasteiger partial charge in [0.05, 0.1) is 0 Å². The number of piperazine rings is 1. The Labute approximate surface area is 174 Å². The Morgan fingerprint density at radius 1 is 1.10 bits per heavy atom. The molecule has 0 saturated carbocycles. The minimum Gasteiger partial charge on any atom is -0.353 e. The van der Waals surface area contributed by atoms with Crippen molar-refractivity contribution in [1.29, 1.82) is 0 Å². The van der Waals surface area contributed by atoms with E-state index in [0.29, 0.717) is 18.1 Å². The number of hydrogen-bond acceptors (Lipinski definition) is 7. The maximum absolute atomic E-state index is 12.5. The fourth-order valence-corrected chi connectivity index (χ4v) is 4.10. The lowest BCUT2D eigenvalue weighted by Gasteiger charge is -2.35. The molecule has 29 heavy (non-hydrogen) atoms. The maximum Gasteiger partial charge on any atom is 0.223 e. The second-order valence-corrected chi connectivity index (χ2v) is 7.99. The normalized spacial score (nSPS) is 14.2. The third kappa shape index (κ3) is 4.95. The van der Waals surface area contributed by atoms with Crippen molar-refractivity contribution in [2.75, 3.05) is 36.8 Å². The minimum atomic E-state index is 0.226. The molecule has 1 aromatic carbocycles. The Kier molecular flexibility index (Phi) is 6.09. The van der Waals surface area contributed by atoms with Crippen molar-refractivity contribution >= 4 is 23.5 Å². The summed E-state index contributed by atoms with van der Waals surface area (Å²) < 4.78 is 5.01. The van der Waals surface area contributed by atoms with Crippen molar-refractivity contribution in [2.45, 2.75) is 18.2 Å². The van der Waals surface area contributed by atoms with Gasteiger partial charge in [-0.05, 0) is 24.3 Å². The summed E-state index contributed by atoms with van der Waals surface area (Å²) in [4.78, 5) is 26.6. The van der Waals surface area contributed by atoms with E-state index >= 15 is 0 Å². The zero-order valence-corrected chi connectivity index (χ0v) is 17.1. The van der Waals surface area contributed by atoms with E-state index in [-0.39, 0.29) is 5.91 Å². The number of benzene rings is 1. The number of aromatic nitrogens is 3. The van der Waals surface area contributed by atoms with Crippen LogP contribution in [0, 0.1) is 6.92 Å². The zero-order chi connectivity index (χ0) is 20.1. The molecule has 1 saturated heterocycles. The summed E-state index contributed by atoms with van der Waals surface area (Å²) in [6, 6.07) is 14.1. The van der Waals surface area contributed by atoms with Gasteiger partial charge in [0.2, 0.25) is 17.6 Å². The Bertz CT molecular complexity index is 937. The lowest BCUT2D eigenvalue weighted by molar-refractivity contribution is -0.131. The molecular weight excluding hydrogens is 386 g/mol. The van der Waals surface area contributed by atoms with Crippen LogP contribution in [0.3, 0.4) is 0 Å². The SMILES string of the molecule is Cc1nc(-c2ccc(N3CCN(C(=O)CCSc4ccccc4)CC3)nc2)no1. The van der Waals surface area contributed by atoms with Gasteiger partial charge in [-0.25, -0.2) is 4.98 Å². The van der Waals surface area contributed by atoms with Crippen LogP contribution in [0.4, 0.5) is 5.82 Å². The number of amides is 1. The molecule has 0 radical (unpaired) electrons. The van der Waals surface area contributed by atoms with Gasteiger partial charge >= 0.3 is 0 Å². The van der Waals surface area contributed by atoms with E-state index < -0.39 is 0 Å². The molecule has 0 spiro atoms. The molecule has 8 heteroatoms. The van der Waals surface area contributed by atoms with Gasteiger partial charge < -0.3 is 14.3 Å². The van der Waals surface area contributed by atoms with Crippen LogP contribution >= 0.6 is 11.8 Å². The van der Waals surface area contributed by atoms with Crippen molar-refractivity contribution in [3.8, 4) is 11.4 Å². The van der Waals surface area contributed by atoms with Crippen molar-refractivity contribution in [1.82, 2.24) is 20.0 Å². The highest BCUT2D eigenvalue weighted by Crippen LogP contribution is 2.21. The number of carbonyl (C=O) groups is 1. The molecule has 150 valence electrons. The third-order valence-electron chi connectivity index (χ3n) is 4.82. The molecule has 1 amide bonds. The summed E-state index contributed by atoms with van der Waals surface area (Å²) in [6.45, 7) is 4.78. The van der Waals surface area contributed by atoms with Gasteiger partial charge in [0, 0.05) is 61.9 Å². The molecular formula is C21H23N5O2S. The molecule has 0 unspecified atom stereocenters. The molecule has 0 bridgehead atoms. The molecule has 3 aromatic rings. The number of thioether (sulfide) groups is 1. The largest absolute Gasteiger partial charge is 0.353 e. The second kappa shape index (κ2) is 9.09. The lowest BCUT2D eigenvalue weighted by Crippen LogP contribution is -2.49. The summed E-state index contributed by atoms with van der Waals surface area (Å²) in [6.07, 6.45) is 2.33. The molecule has 3 heterocycles. The number of nitrogens with zero attached hydrogens (tertiary/aromatic N) is 5. The van der Waals surface area contributed by atoms with Gasteiger partial charge in [0.25, 0.3) is 0 Å². The van der Waals surface area contributed by atoms with Gasteiger partial charge in [-0.1, -0.05) is 23.4 Å². The number of carbonyl (C=O) groups excluding carboxylic acids is 1. The van der Waals surface area contributed by atoms with Gasteiger partial charge in [0.15, 0.2) is 0 Å². The summed E-state index contributed by atoms with van der Waals surface area (Å²) in [5.41, 5.74) is 0.829. The standard InChI is InChI=1S/C21H23N5O2S/c1-16-23-21(24-28-16)17-7-8-19(22-15-17)25-10-12-26(13-11-25)20(27)9-14-29-18-5-3-2-4-6-18/h2-8,15H,9-14H2,1H3. The van der Waals surface area contributed by atoms with Crippen LogP contribution in [-0.2, 0) is 4.79 Å². The molecule has 0 atom stereocenters. The first kappa shape index (κ1) is 19.4. The van der Waals surface area contributed by atoms with Crippen LogP contribution in [0.15, 0.2) is 58.1 Å². The lowest BCUT2D eigenvalue weighted by atomic mass is 10.2. The minimum absolute atomic E-state index is 0.226. The Hall–Kier alpha value is -2.87. The number of hydrogen-bond donors (Lipinski definition) is 0. The quantitative estimate of drug-likeness (QED) is 0.578. The average molecular weight is 410 g/mol. The van der Waals surface area contributed by atoms with Gasteiger partial charge in [-0.3, -0.25) is 4.79 Å². The second-order valence-electron chi connectivity index (χ2n) is 6.82. The Morgan fingerprint density at radius 3 is 2.55 bits per heavy atom. The predicted molar refractivity (Wildman–Crippen MR) is 113 cm³/mol. The molecule has 4 rings (SSSR count). The molecule has 0 aliphatic carbocycles. The van der Waals surface area contributed by atoms with Crippen LogP contribution in [-0.4, -0.2) is 57.9 Å². The zero-order valence-electron chi connectivity index (χ0n) is 16.3. The smallest absolute Gasteiger partial charge is 0.223 e. The fourth-order valence-electron chi connectivity index (χ4n) is 3.24. The summed E-state index contributed by atoms with van der Waals surface area (Å²) in [5.74, 6) is 3.02. The molecule has 2 aromatic heterocycles. The van der Waals surface area contributed by atoms with Crippen molar-refractivity contribution < 1.29 is 9.32 Å². The van der Waals surface area contributed by atoms with Crippen LogP contribution in [0.1, 0.15) is 12.3 Å². The van der Waals surface area contributed by atoms with Crippen LogP contribution in [0.25, 0.3) is 11.4 Å². The average Bonchev–Trinajstić information content (AvgIpc) is 3.21. The first-order valence-corrected chi connectivity index (χ1v) is 10.6. The van der Waals surface area contributed by atoms with E-state index in [1.165, 1.54) is 4.90 Å². The first-order valence-electron chi connectivity index (χ1n) is 9.66. The summed E-state index contributed by atoms with van der Waals surface area (Å²) in [5, 5.41) is 3.92. The topological polar surface area (TPSA) is 75.4 Å². The van der Waals surface area contributed by atoms with Crippen molar-refractivity contribution in [3.05, 3.63) is 54.6 Å². The van der Waals surface area contributed by atoms with Gasteiger partial charge in [-0.2, -0.15) is 4.98 Å². The van der Waals surface area contributed by atoms with Crippen LogP contribution in [0.2, 0.25) is 0 Å².